The van der Waals surface area contributed by atoms with Crippen LogP contribution in [-0.4, -0.2) is 48.6 Å². The normalized spacial score (nSPS) is 13.9. The number of amides is 4. The van der Waals surface area contributed by atoms with E-state index in [4.69, 9.17) is 10.2 Å². The minimum atomic E-state index is -0.429. The van der Waals surface area contributed by atoms with Gasteiger partial charge in [0.1, 0.15) is 0 Å². The highest BCUT2D eigenvalue weighted by molar-refractivity contribution is 5.78. The van der Waals surface area contributed by atoms with Gasteiger partial charge in [-0.15, -0.1) is 0 Å². The summed E-state index contributed by atoms with van der Waals surface area (Å²) >= 11 is 0. The third kappa shape index (κ3) is 6.11. The van der Waals surface area contributed by atoms with Crippen LogP contribution < -0.4 is 21.3 Å². The van der Waals surface area contributed by atoms with Crippen molar-refractivity contribution in [1.29, 1.82) is 0 Å². The molecule has 6 N–H and O–H groups in total. The van der Waals surface area contributed by atoms with Gasteiger partial charge in [-0.05, 0) is 17.7 Å². The van der Waals surface area contributed by atoms with Gasteiger partial charge in [-0.25, -0.2) is 9.59 Å². The number of hydrogen-bond donors (Lipinski definition) is 6. The second-order valence-corrected chi connectivity index (χ2v) is 4.26. The van der Waals surface area contributed by atoms with Crippen molar-refractivity contribution in [3.63, 3.8) is 0 Å². The quantitative estimate of drug-likeness (QED) is 0.388. The predicted octanol–water partition coefficient (Wildman–Crippen LogP) is -0.703. The van der Waals surface area contributed by atoms with Gasteiger partial charge in [0.2, 0.25) is 0 Å². The molecule has 0 aromatic carbocycles. The molecular weight excluding hydrogens is 276 g/mol. The van der Waals surface area contributed by atoms with E-state index in [1.807, 2.05) is 0 Å². The molecule has 0 spiro atoms. The number of hydrogen-bond acceptors (Lipinski definition) is 4. The van der Waals surface area contributed by atoms with E-state index in [9.17, 15) is 9.59 Å². The van der Waals surface area contributed by atoms with Crippen LogP contribution in [0.4, 0.5) is 9.59 Å². The fourth-order valence-electron chi connectivity index (χ4n) is 1.60. The van der Waals surface area contributed by atoms with Crippen LogP contribution in [-0.2, 0) is 0 Å². The molecule has 0 unspecified atom stereocenters. The lowest BCUT2D eigenvalue weighted by Gasteiger charge is -2.19. The van der Waals surface area contributed by atoms with Gasteiger partial charge < -0.3 is 31.5 Å². The number of urea groups is 2. The molecule has 116 valence electrons. The zero-order valence-electron chi connectivity index (χ0n) is 11.6. The number of allylic oxidation sites excluding steroid dienone is 4. The van der Waals surface area contributed by atoms with Gasteiger partial charge >= 0.3 is 12.1 Å². The highest BCUT2D eigenvalue weighted by atomic mass is 16.3. The number of aliphatic hydroxyl groups excluding tert-OH is 2. The van der Waals surface area contributed by atoms with Crippen LogP contribution in [0.25, 0.3) is 0 Å². The molecule has 0 heterocycles. The summed E-state index contributed by atoms with van der Waals surface area (Å²) < 4.78 is 0. The Morgan fingerprint density at radius 1 is 1.05 bits per heavy atom. The maximum absolute atomic E-state index is 11.5. The van der Waals surface area contributed by atoms with E-state index in [-0.39, 0.29) is 26.3 Å². The maximum Gasteiger partial charge on any atom is 0.319 e. The van der Waals surface area contributed by atoms with E-state index >= 15 is 0 Å². The van der Waals surface area contributed by atoms with Crippen LogP contribution in [0, 0.1) is 0 Å². The highest BCUT2D eigenvalue weighted by Gasteiger charge is 2.14. The molecule has 0 aliphatic heterocycles. The number of carbonyl (C=O) groups excluding carboxylic acids is 2. The van der Waals surface area contributed by atoms with Crippen molar-refractivity contribution in [3.05, 3.63) is 35.7 Å². The van der Waals surface area contributed by atoms with Gasteiger partial charge in [-0.1, -0.05) is 6.58 Å². The smallest absolute Gasteiger partial charge is 0.319 e. The second-order valence-electron chi connectivity index (χ2n) is 4.26. The van der Waals surface area contributed by atoms with Gasteiger partial charge in [-0.3, -0.25) is 0 Å². The molecule has 1 rings (SSSR count). The molecular formula is C13H20N4O4. The van der Waals surface area contributed by atoms with Gasteiger partial charge in [0.05, 0.1) is 13.2 Å². The van der Waals surface area contributed by atoms with Crippen LogP contribution >= 0.6 is 0 Å². The summed E-state index contributed by atoms with van der Waals surface area (Å²) in [4.78, 5) is 22.9. The Labute approximate surface area is 122 Å². The van der Waals surface area contributed by atoms with Crippen LogP contribution in [0.1, 0.15) is 6.42 Å². The SMILES string of the molecule is C=C1CC(NC(=O)NCCO)=CC=C1NC(=O)NCCO. The molecule has 0 atom stereocenters. The Bertz CT molecular complexity index is 471. The largest absolute Gasteiger partial charge is 0.395 e. The number of rotatable bonds is 6. The van der Waals surface area contributed by atoms with Gasteiger partial charge in [0.15, 0.2) is 0 Å². The molecule has 4 amide bonds. The first kappa shape index (κ1) is 16.7. The molecule has 0 aromatic rings. The van der Waals surface area contributed by atoms with Crippen molar-refractivity contribution in [1.82, 2.24) is 21.3 Å². The van der Waals surface area contributed by atoms with E-state index in [0.29, 0.717) is 23.4 Å². The number of aliphatic hydroxyl groups is 2. The summed E-state index contributed by atoms with van der Waals surface area (Å²) in [6, 6.07) is -0.837. The summed E-state index contributed by atoms with van der Waals surface area (Å²) in [5.41, 5.74) is 1.83. The van der Waals surface area contributed by atoms with Crippen LogP contribution in [0.3, 0.4) is 0 Å². The second kappa shape index (κ2) is 8.77. The predicted molar refractivity (Wildman–Crippen MR) is 77.2 cm³/mol. The zero-order valence-corrected chi connectivity index (χ0v) is 11.6. The topological polar surface area (TPSA) is 123 Å². The van der Waals surface area contributed by atoms with Gasteiger partial charge in [0, 0.05) is 30.9 Å². The van der Waals surface area contributed by atoms with E-state index in [2.05, 4.69) is 27.8 Å². The van der Waals surface area contributed by atoms with E-state index in [1.165, 1.54) is 0 Å². The Kier molecular flexibility index (Phi) is 6.99. The van der Waals surface area contributed by atoms with E-state index in [1.54, 1.807) is 12.2 Å². The molecule has 0 bridgehead atoms. The van der Waals surface area contributed by atoms with Crippen LogP contribution in [0.5, 0.6) is 0 Å². The average molecular weight is 296 g/mol. The molecule has 21 heavy (non-hydrogen) atoms. The van der Waals surface area contributed by atoms with E-state index < -0.39 is 12.1 Å². The number of nitrogens with one attached hydrogen (secondary N) is 4. The molecule has 0 aromatic heterocycles. The highest BCUT2D eigenvalue weighted by Crippen LogP contribution is 2.19. The zero-order chi connectivity index (χ0) is 15.7. The third-order valence-corrected chi connectivity index (χ3v) is 2.55. The first-order valence-electron chi connectivity index (χ1n) is 6.47. The average Bonchev–Trinajstić information content (AvgIpc) is 2.45. The lowest BCUT2D eigenvalue weighted by atomic mass is 10.0. The van der Waals surface area contributed by atoms with Crippen molar-refractivity contribution < 1.29 is 19.8 Å². The van der Waals surface area contributed by atoms with Crippen molar-refractivity contribution in [2.75, 3.05) is 26.3 Å². The summed E-state index contributed by atoms with van der Waals surface area (Å²) in [5, 5.41) is 27.4. The lowest BCUT2D eigenvalue weighted by molar-refractivity contribution is 0.235. The van der Waals surface area contributed by atoms with Gasteiger partial charge in [0.25, 0.3) is 0 Å². The lowest BCUT2D eigenvalue weighted by Crippen LogP contribution is -2.39. The molecule has 1 aliphatic rings. The summed E-state index contributed by atoms with van der Waals surface area (Å²) in [5.74, 6) is 0. The first-order chi connectivity index (χ1) is 10.1. The molecule has 0 fully saturated rings. The minimum Gasteiger partial charge on any atom is -0.395 e. The molecule has 8 heteroatoms. The first-order valence-corrected chi connectivity index (χ1v) is 6.47. The molecule has 0 saturated carbocycles. The van der Waals surface area contributed by atoms with Crippen molar-refractivity contribution in [3.8, 4) is 0 Å². The minimum absolute atomic E-state index is 0.129. The standard InChI is InChI=1S/C13H20N4O4/c1-9-8-10(16-12(20)14-4-6-18)2-3-11(9)17-13(21)15-5-7-19/h2-3,18-19H,1,4-8H2,(H2,14,16,20)(H2,15,17,21). The Morgan fingerprint density at radius 3 is 2.14 bits per heavy atom. The van der Waals surface area contributed by atoms with Crippen molar-refractivity contribution in [2.45, 2.75) is 6.42 Å². The molecule has 0 saturated heterocycles. The van der Waals surface area contributed by atoms with Crippen LogP contribution in [0.15, 0.2) is 35.7 Å². The summed E-state index contributed by atoms with van der Waals surface area (Å²) in [7, 11) is 0. The molecule has 1 aliphatic carbocycles. The fourth-order valence-corrected chi connectivity index (χ4v) is 1.60. The summed E-state index contributed by atoms with van der Waals surface area (Å²) in [6.07, 6.45) is 3.68. The molecule has 0 radical (unpaired) electrons. The Balaban J connectivity index is 2.52. The summed E-state index contributed by atoms with van der Waals surface area (Å²) in [6.45, 7) is 3.91. The van der Waals surface area contributed by atoms with Crippen molar-refractivity contribution in [2.24, 2.45) is 0 Å². The third-order valence-electron chi connectivity index (χ3n) is 2.55. The van der Waals surface area contributed by atoms with E-state index in [0.717, 1.165) is 0 Å². The molecule has 8 nitrogen and oxygen atoms in total. The number of carbonyl (C=O) groups is 2. The Morgan fingerprint density at radius 2 is 1.62 bits per heavy atom. The Hall–Kier alpha value is -2.32. The van der Waals surface area contributed by atoms with Gasteiger partial charge in [-0.2, -0.15) is 0 Å². The monoisotopic (exact) mass is 296 g/mol. The van der Waals surface area contributed by atoms with Crippen molar-refractivity contribution >= 4 is 12.1 Å². The maximum atomic E-state index is 11.5. The fraction of sp³-hybridized carbons (Fsp3) is 0.385. The van der Waals surface area contributed by atoms with Crippen LogP contribution in [0.2, 0.25) is 0 Å².